The van der Waals surface area contributed by atoms with E-state index in [1.54, 1.807) is 28.9 Å². The molecule has 9 heteroatoms. The van der Waals surface area contributed by atoms with Crippen LogP contribution in [0.4, 0.5) is 10.1 Å². The summed E-state index contributed by atoms with van der Waals surface area (Å²) in [6, 6.07) is 11.6. The summed E-state index contributed by atoms with van der Waals surface area (Å²) in [6.45, 7) is 5.97. The maximum absolute atomic E-state index is 13.9. The van der Waals surface area contributed by atoms with Gasteiger partial charge in [-0.15, -0.1) is 5.10 Å². The molecule has 8 nitrogen and oxygen atoms in total. The molecule has 186 valence electrons. The van der Waals surface area contributed by atoms with Crippen LogP contribution in [0.15, 0.2) is 48.7 Å². The summed E-state index contributed by atoms with van der Waals surface area (Å²) < 4.78 is 27.1. The molecule has 0 spiro atoms. The second kappa shape index (κ2) is 9.94. The molecule has 1 aliphatic rings. The van der Waals surface area contributed by atoms with Crippen LogP contribution in [0, 0.1) is 25.6 Å². The minimum absolute atomic E-state index is 0.301. The molecule has 1 aliphatic heterocycles. The lowest BCUT2D eigenvalue weighted by Gasteiger charge is -2.23. The molecule has 0 radical (unpaired) electrons. The average Bonchev–Trinajstić information content (AvgIpc) is 3.29. The summed E-state index contributed by atoms with van der Waals surface area (Å²) in [7, 11) is 0. The Bertz CT molecular complexity index is 1430. The maximum atomic E-state index is 13.9. The van der Waals surface area contributed by atoms with Crippen molar-refractivity contribution in [1.29, 1.82) is 0 Å². The van der Waals surface area contributed by atoms with Gasteiger partial charge in [0.15, 0.2) is 5.65 Å². The largest absolute Gasteiger partial charge is 0.437 e. The molecule has 3 heterocycles. The number of nitrogens with one attached hydrogen (secondary N) is 1. The summed E-state index contributed by atoms with van der Waals surface area (Å²) >= 11 is 0. The van der Waals surface area contributed by atoms with E-state index in [9.17, 15) is 9.18 Å². The number of hydrogen-bond donors (Lipinski definition) is 2. The van der Waals surface area contributed by atoms with Gasteiger partial charge in [-0.2, -0.15) is 0 Å². The molecule has 2 aromatic carbocycles. The van der Waals surface area contributed by atoms with Gasteiger partial charge in [0.2, 0.25) is 11.8 Å². The Morgan fingerprint density at radius 3 is 2.72 bits per heavy atom. The number of ether oxygens (including phenoxy) is 2. The van der Waals surface area contributed by atoms with Gasteiger partial charge in [0, 0.05) is 43.0 Å². The van der Waals surface area contributed by atoms with Crippen molar-refractivity contribution in [3.63, 3.8) is 0 Å². The van der Waals surface area contributed by atoms with Crippen molar-refractivity contribution in [3.05, 3.63) is 71.2 Å². The van der Waals surface area contributed by atoms with E-state index in [0.29, 0.717) is 28.8 Å². The van der Waals surface area contributed by atoms with Crippen LogP contribution in [0.2, 0.25) is 0 Å². The number of fused-ring (bicyclic) bond motifs is 1. The molecule has 4 aromatic rings. The molecule has 3 N–H and O–H groups in total. The number of carbonyl (C=O) groups excluding carboxylic acids is 1. The highest BCUT2D eigenvalue weighted by Crippen LogP contribution is 2.31. The minimum Gasteiger partial charge on any atom is -0.437 e. The molecule has 1 amide bonds. The van der Waals surface area contributed by atoms with E-state index in [2.05, 4.69) is 15.4 Å². The Kier molecular flexibility index (Phi) is 6.56. The Morgan fingerprint density at radius 1 is 1.17 bits per heavy atom. The number of aromatic nitrogens is 3. The normalized spacial score (nSPS) is 14.2. The second-order valence-electron chi connectivity index (χ2n) is 9.12. The number of halogens is 1. The highest BCUT2D eigenvalue weighted by atomic mass is 19.1. The molecule has 1 saturated heterocycles. The topological polar surface area (TPSA) is 104 Å². The second-order valence-corrected chi connectivity index (χ2v) is 9.12. The van der Waals surface area contributed by atoms with Crippen molar-refractivity contribution in [2.24, 2.45) is 11.7 Å². The van der Waals surface area contributed by atoms with Gasteiger partial charge in [0.25, 0.3) is 0 Å². The predicted molar refractivity (Wildman–Crippen MR) is 135 cm³/mol. The minimum atomic E-state index is -0.476. The first kappa shape index (κ1) is 23.7. The molecule has 0 aliphatic carbocycles. The van der Waals surface area contributed by atoms with Gasteiger partial charge in [-0.1, -0.05) is 12.1 Å². The molecule has 36 heavy (non-hydrogen) atoms. The third-order valence-corrected chi connectivity index (χ3v) is 6.52. The number of hydrogen-bond acceptors (Lipinski definition) is 6. The Hall–Kier alpha value is -3.98. The monoisotopic (exact) mass is 489 g/mol. The molecular weight excluding hydrogens is 461 g/mol. The number of anilines is 1. The van der Waals surface area contributed by atoms with E-state index >= 15 is 0 Å². The number of nitrogens with zero attached hydrogens (tertiary/aromatic N) is 3. The molecule has 0 saturated carbocycles. The van der Waals surface area contributed by atoms with Crippen LogP contribution in [-0.4, -0.2) is 40.3 Å². The number of amides is 1. The van der Waals surface area contributed by atoms with Crippen molar-refractivity contribution in [1.82, 2.24) is 14.6 Å². The summed E-state index contributed by atoms with van der Waals surface area (Å²) in [6.07, 6.45) is 3.72. The summed E-state index contributed by atoms with van der Waals surface area (Å²) in [5, 5.41) is 8.19. The van der Waals surface area contributed by atoms with Gasteiger partial charge in [0.1, 0.15) is 11.6 Å². The highest BCUT2D eigenvalue weighted by Gasteiger charge is 2.18. The Morgan fingerprint density at radius 2 is 1.97 bits per heavy atom. The number of primary amides is 1. The number of aryl methyl sites for hydroxylation is 2. The number of benzene rings is 2. The van der Waals surface area contributed by atoms with Crippen LogP contribution in [0.25, 0.3) is 16.9 Å². The molecular formula is C27H28FN5O3. The van der Waals surface area contributed by atoms with Crippen molar-refractivity contribution < 1.29 is 18.7 Å². The van der Waals surface area contributed by atoms with Crippen LogP contribution in [0.1, 0.15) is 34.3 Å². The SMILES string of the molecule is Cc1ccc(F)cc1Oc1cc(NCC2CCOCC2)c2ncc(-c3ccc(C(N)=O)c(C)c3)n2n1. The van der Waals surface area contributed by atoms with E-state index in [1.165, 1.54) is 12.1 Å². The van der Waals surface area contributed by atoms with Crippen molar-refractivity contribution >= 4 is 17.2 Å². The number of rotatable bonds is 7. The lowest BCUT2D eigenvalue weighted by molar-refractivity contribution is 0.0699. The zero-order valence-electron chi connectivity index (χ0n) is 20.3. The van der Waals surface area contributed by atoms with E-state index in [1.807, 2.05) is 26.0 Å². The number of nitrogens with two attached hydrogens (primary N) is 1. The predicted octanol–water partition coefficient (Wildman–Crippen LogP) is 4.88. The lowest BCUT2D eigenvalue weighted by atomic mass is 10.0. The van der Waals surface area contributed by atoms with Gasteiger partial charge in [0.05, 0.1) is 17.6 Å². The van der Waals surface area contributed by atoms with E-state index in [-0.39, 0.29) is 5.82 Å². The highest BCUT2D eigenvalue weighted by molar-refractivity contribution is 5.94. The van der Waals surface area contributed by atoms with Crippen molar-refractivity contribution in [2.45, 2.75) is 26.7 Å². The third kappa shape index (κ3) is 4.87. The van der Waals surface area contributed by atoms with Crippen LogP contribution >= 0.6 is 0 Å². The van der Waals surface area contributed by atoms with Crippen LogP contribution in [0.5, 0.6) is 11.6 Å². The number of carbonyl (C=O) groups is 1. The van der Waals surface area contributed by atoms with Crippen LogP contribution < -0.4 is 15.8 Å². The zero-order valence-corrected chi connectivity index (χ0v) is 20.3. The first-order chi connectivity index (χ1) is 17.4. The van der Waals surface area contributed by atoms with E-state index in [4.69, 9.17) is 15.2 Å². The van der Waals surface area contributed by atoms with E-state index in [0.717, 1.165) is 60.7 Å². The molecule has 2 aromatic heterocycles. The van der Waals surface area contributed by atoms with Crippen molar-refractivity contribution in [3.8, 4) is 22.9 Å². The molecule has 0 unspecified atom stereocenters. The molecule has 5 rings (SSSR count). The lowest BCUT2D eigenvalue weighted by Crippen LogP contribution is -2.23. The van der Waals surface area contributed by atoms with Gasteiger partial charge in [-0.05, 0) is 61.9 Å². The first-order valence-electron chi connectivity index (χ1n) is 11.9. The van der Waals surface area contributed by atoms with Gasteiger partial charge in [-0.3, -0.25) is 4.79 Å². The fraction of sp³-hybridized carbons (Fsp3) is 0.296. The molecule has 0 atom stereocenters. The maximum Gasteiger partial charge on any atom is 0.248 e. The summed E-state index contributed by atoms with van der Waals surface area (Å²) in [5.41, 5.74) is 10.4. The summed E-state index contributed by atoms with van der Waals surface area (Å²) in [5.74, 6) is 0.315. The Balaban J connectivity index is 1.56. The zero-order chi connectivity index (χ0) is 25.2. The smallest absolute Gasteiger partial charge is 0.248 e. The average molecular weight is 490 g/mol. The van der Waals surface area contributed by atoms with Gasteiger partial charge < -0.3 is 20.5 Å². The number of imidazole rings is 1. The van der Waals surface area contributed by atoms with Gasteiger partial charge >= 0.3 is 0 Å². The Labute approximate surface area is 208 Å². The van der Waals surface area contributed by atoms with Crippen molar-refractivity contribution in [2.75, 3.05) is 25.1 Å². The fourth-order valence-corrected chi connectivity index (χ4v) is 4.42. The third-order valence-electron chi connectivity index (χ3n) is 6.52. The van der Waals surface area contributed by atoms with Crippen LogP contribution in [-0.2, 0) is 4.74 Å². The quantitative estimate of drug-likeness (QED) is 0.383. The first-order valence-corrected chi connectivity index (χ1v) is 11.9. The molecule has 0 bridgehead atoms. The fourth-order valence-electron chi connectivity index (χ4n) is 4.42. The van der Waals surface area contributed by atoms with Gasteiger partial charge in [-0.25, -0.2) is 13.9 Å². The molecule has 1 fully saturated rings. The van der Waals surface area contributed by atoms with E-state index < -0.39 is 5.91 Å². The standard InChI is InChI=1S/C27H28FN5O3/c1-16-3-5-20(28)12-24(16)36-25-13-22(30-14-18-7-9-35-10-8-18)27-31-15-23(33(27)32-25)19-4-6-21(26(29)34)17(2)11-19/h3-6,11-13,15,18,30H,7-10,14H2,1-2H3,(H2,29,34). The summed E-state index contributed by atoms with van der Waals surface area (Å²) in [4.78, 5) is 16.3. The van der Waals surface area contributed by atoms with Crippen LogP contribution in [0.3, 0.4) is 0 Å².